The highest BCUT2D eigenvalue weighted by molar-refractivity contribution is 5.81. The van der Waals surface area contributed by atoms with Crippen molar-refractivity contribution in [2.45, 2.75) is 26.5 Å². The van der Waals surface area contributed by atoms with Crippen LogP contribution in [0.2, 0.25) is 0 Å². The fourth-order valence-corrected chi connectivity index (χ4v) is 2.45. The Morgan fingerprint density at radius 2 is 2.18 bits per heavy atom. The number of nitrogens with zero attached hydrogens (tertiary/aromatic N) is 3. The van der Waals surface area contributed by atoms with E-state index in [0.29, 0.717) is 22.4 Å². The molecule has 1 N–H and O–H groups in total. The lowest BCUT2D eigenvalue weighted by molar-refractivity contribution is 0.149. The smallest absolute Gasteiger partial charge is 0.296 e. The number of aliphatic hydroxyl groups excluding tert-OH is 1. The van der Waals surface area contributed by atoms with E-state index in [1.165, 1.54) is 18.2 Å². The predicted molar refractivity (Wildman–Crippen MR) is 76.9 cm³/mol. The van der Waals surface area contributed by atoms with Crippen molar-refractivity contribution in [3.63, 3.8) is 0 Å². The van der Waals surface area contributed by atoms with Crippen molar-refractivity contribution < 1.29 is 14.0 Å². The number of aliphatic hydroxyl groups is 1. The number of hydrogen-bond acceptors (Lipinski definition) is 5. The van der Waals surface area contributed by atoms with E-state index in [1.54, 1.807) is 19.9 Å². The van der Waals surface area contributed by atoms with E-state index in [2.05, 4.69) is 10.3 Å². The molecule has 0 saturated heterocycles. The van der Waals surface area contributed by atoms with E-state index in [9.17, 15) is 14.3 Å². The molecule has 1 aromatic carbocycles. The molecule has 2 heterocycles. The first-order chi connectivity index (χ1) is 10.5. The van der Waals surface area contributed by atoms with Gasteiger partial charge >= 0.3 is 0 Å². The van der Waals surface area contributed by atoms with Gasteiger partial charge in [-0.2, -0.15) is 5.10 Å². The summed E-state index contributed by atoms with van der Waals surface area (Å²) in [6, 6.07) is 5.60. The SMILES string of the molecule is Cc1nn(C[C@@H](O)c2cccc(F)c2)c(=O)c2noc(C)c12. The third-order valence-electron chi connectivity index (χ3n) is 3.51. The van der Waals surface area contributed by atoms with Crippen molar-refractivity contribution in [3.8, 4) is 0 Å². The minimum atomic E-state index is -1.05. The molecular formula is C15H14FN3O3. The second-order valence-electron chi connectivity index (χ2n) is 5.11. The summed E-state index contributed by atoms with van der Waals surface area (Å²) in [6.45, 7) is 3.34. The molecule has 3 rings (SSSR count). The zero-order chi connectivity index (χ0) is 15.9. The minimum absolute atomic E-state index is 0.0923. The molecule has 0 amide bonds. The molecule has 0 fully saturated rings. The van der Waals surface area contributed by atoms with Crippen LogP contribution < -0.4 is 5.56 Å². The average Bonchev–Trinajstić information content (AvgIpc) is 2.87. The van der Waals surface area contributed by atoms with Gasteiger partial charge in [0.15, 0.2) is 5.52 Å². The fourth-order valence-electron chi connectivity index (χ4n) is 2.45. The Morgan fingerprint density at radius 1 is 1.41 bits per heavy atom. The minimum Gasteiger partial charge on any atom is -0.386 e. The van der Waals surface area contributed by atoms with Crippen molar-refractivity contribution in [2.75, 3.05) is 0 Å². The van der Waals surface area contributed by atoms with Crippen molar-refractivity contribution in [1.29, 1.82) is 0 Å². The number of aryl methyl sites for hydroxylation is 2. The van der Waals surface area contributed by atoms with Crippen LogP contribution in [0.1, 0.15) is 23.1 Å². The van der Waals surface area contributed by atoms with Gasteiger partial charge in [0.05, 0.1) is 23.7 Å². The summed E-state index contributed by atoms with van der Waals surface area (Å²) in [5, 5.41) is 18.7. The largest absolute Gasteiger partial charge is 0.386 e. The third kappa shape index (κ3) is 2.39. The molecule has 0 aliphatic carbocycles. The van der Waals surface area contributed by atoms with Crippen LogP contribution >= 0.6 is 0 Å². The highest BCUT2D eigenvalue weighted by Crippen LogP contribution is 2.18. The molecule has 3 aromatic rings. The summed E-state index contributed by atoms with van der Waals surface area (Å²) >= 11 is 0. The van der Waals surface area contributed by atoms with Crippen LogP contribution in [0, 0.1) is 19.7 Å². The molecule has 0 aliphatic heterocycles. The van der Waals surface area contributed by atoms with Crippen molar-refractivity contribution in [2.24, 2.45) is 0 Å². The molecule has 7 heteroatoms. The maximum atomic E-state index is 13.2. The Hall–Kier alpha value is -2.54. The normalized spacial score (nSPS) is 12.7. The molecule has 2 aromatic heterocycles. The maximum Gasteiger partial charge on any atom is 0.296 e. The van der Waals surface area contributed by atoms with E-state index in [1.807, 2.05) is 0 Å². The lowest BCUT2D eigenvalue weighted by Gasteiger charge is -2.12. The van der Waals surface area contributed by atoms with Gasteiger partial charge in [-0.3, -0.25) is 4.79 Å². The first-order valence-corrected chi connectivity index (χ1v) is 6.74. The van der Waals surface area contributed by atoms with Gasteiger partial charge in [0.2, 0.25) is 0 Å². The monoisotopic (exact) mass is 303 g/mol. The molecular weight excluding hydrogens is 289 g/mol. The molecule has 0 spiro atoms. The predicted octanol–water partition coefficient (Wildman–Crippen LogP) is 1.87. The molecule has 114 valence electrons. The first kappa shape index (κ1) is 14.4. The van der Waals surface area contributed by atoms with Crippen LogP contribution in [-0.2, 0) is 6.54 Å². The van der Waals surface area contributed by atoms with Crippen molar-refractivity contribution in [3.05, 3.63) is 57.5 Å². The average molecular weight is 303 g/mol. The molecule has 22 heavy (non-hydrogen) atoms. The van der Waals surface area contributed by atoms with Gasteiger partial charge in [-0.1, -0.05) is 17.3 Å². The van der Waals surface area contributed by atoms with E-state index in [-0.39, 0.29) is 12.1 Å². The van der Waals surface area contributed by atoms with E-state index in [0.717, 1.165) is 4.68 Å². The van der Waals surface area contributed by atoms with Crippen LogP contribution in [0.4, 0.5) is 4.39 Å². The van der Waals surface area contributed by atoms with Gasteiger partial charge in [-0.25, -0.2) is 9.07 Å². The lowest BCUT2D eigenvalue weighted by Crippen LogP contribution is -2.27. The quantitative estimate of drug-likeness (QED) is 0.799. The summed E-state index contributed by atoms with van der Waals surface area (Å²) in [5.41, 5.74) is 0.687. The molecule has 0 saturated carbocycles. The van der Waals surface area contributed by atoms with E-state index in [4.69, 9.17) is 4.52 Å². The topological polar surface area (TPSA) is 81.1 Å². The summed E-state index contributed by atoms with van der Waals surface area (Å²) in [4.78, 5) is 12.3. The van der Waals surface area contributed by atoms with Gasteiger partial charge in [-0.05, 0) is 31.5 Å². The zero-order valence-corrected chi connectivity index (χ0v) is 12.1. The van der Waals surface area contributed by atoms with Crippen LogP contribution in [0.15, 0.2) is 33.6 Å². The zero-order valence-electron chi connectivity index (χ0n) is 12.1. The summed E-state index contributed by atoms with van der Waals surface area (Å²) in [5.74, 6) is 0.0746. The highest BCUT2D eigenvalue weighted by Gasteiger charge is 2.17. The second-order valence-corrected chi connectivity index (χ2v) is 5.11. The first-order valence-electron chi connectivity index (χ1n) is 6.74. The molecule has 0 aliphatic rings. The molecule has 0 unspecified atom stereocenters. The Labute approximate surface area is 124 Å². The van der Waals surface area contributed by atoms with Gasteiger partial charge < -0.3 is 9.63 Å². The summed E-state index contributed by atoms with van der Waals surface area (Å²) in [6.07, 6.45) is -1.05. The molecule has 1 atom stereocenters. The third-order valence-corrected chi connectivity index (χ3v) is 3.51. The maximum absolute atomic E-state index is 13.2. The summed E-state index contributed by atoms with van der Waals surface area (Å²) in [7, 11) is 0. The summed E-state index contributed by atoms with van der Waals surface area (Å²) < 4.78 is 19.3. The Bertz CT molecular complexity index is 901. The van der Waals surface area contributed by atoms with Crippen molar-refractivity contribution >= 4 is 10.9 Å². The van der Waals surface area contributed by atoms with Gasteiger partial charge in [0, 0.05) is 0 Å². The molecule has 6 nitrogen and oxygen atoms in total. The molecule has 0 bridgehead atoms. The number of hydrogen-bond donors (Lipinski definition) is 1. The van der Waals surface area contributed by atoms with E-state index >= 15 is 0 Å². The van der Waals surface area contributed by atoms with Crippen molar-refractivity contribution in [1.82, 2.24) is 14.9 Å². The number of halogens is 1. The Balaban J connectivity index is 2.01. The van der Waals surface area contributed by atoms with Gasteiger partial charge in [0.1, 0.15) is 11.6 Å². The van der Waals surface area contributed by atoms with Crippen LogP contribution in [0.25, 0.3) is 10.9 Å². The van der Waals surface area contributed by atoms with Gasteiger partial charge in [0.25, 0.3) is 5.56 Å². The number of rotatable bonds is 3. The number of fused-ring (bicyclic) bond motifs is 1. The van der Waals surface area contributed by atoms with E-state index < -0.39 is 17.5 Å². The lowest BCUT2D eigenvalue weighted by atomic mass is 10.1. The number of aromatic nitrogens is 3. The number of benzene rings is 1. The van der Waals surface area contributed by atoms with Crippen LogP contribution in [0.5, 0.6) is 0 Å². The second kappa shape index (κ2) is 5.34. The highest BCUT2D eigenvalue weighted by atomic mass is 19.1. The Kier molecular flexibility index (Phi) is 3.50. The molecule has 0 radical (unpaired) electrons. The van der Waals surface area contributed by atoms with Gasteiger partial charge in [-0.15, -0.1) is 0 Å². The standard InChI is InChI=1S/C15H14FN3O3/c1-8-13-9(2)22-18-14(13)15(21)19(17-8)7-12(20)10-4-3-5-11(16)6-10/h3-6,12,20H,7H2,1-2H3/t12-/m1/s1. The van der Waals surface area contributed by atoms with Crippen LogP contribution in [-0.4, -0.2) is 20.0 Å². The fraction of sp³-hybridized carbons (Fsp3) is 0.267. The Morgan fingerprint density at radius 3 is 2.91 bits per heavy atom. The van der Waals surface area contributed by atoms with Crippen LogP contribution in [0.3, 0.4) is 0 Å².